The molecule has 0 aliphatic heterocycles. The summed E-state index contributed by atoms with van der Waals surface area (Å²) in [5, 5.41) is 16.6. The molecule has 2 aromatic carbocycles. The van der Waals surface area contributed by atoms with Crippen LogP contribution in [0.2, 0.25) is 0 Å². The van der Waals surface area contributed by atoms with E-state index in [0.717, 1.165) is 11.1 Å². The van der Waals surface area contributed by atoms with Gasteiger partial charge in [0.25, 0.3) is 0 Å². The number of benzene rings is 2. The highest BCUT2D eigenvalue weighted by atomic mass is 32.2. The SMILES string of the molecule is NC(CC(=S)CC(=O)O)C(=O)O.NCC[S+]([O-])Cc1ccccc1.NCC[S+]([O-])Cc1ccccc1. The zero-order chi connectivity index (χ0) is 27.3. The number of thiocarbonyl (C=S) groups is 1. The van der Waals surface area contributed by atoms with Gasteiger partial charge in [-0.3, -0.25) is 9.59 Å². The van der Waals surface area contributed by atoms with Gasteiger partial charge in [0.1, 0.15) is 29.1 Å². The van der Waals surface area contributed by atoms with E-state index in [1.54, 1.807) is 0 Å². The maximum Gasteiger partial charge on any atom is 0.320 e. The minimum absolute atomic E-state index is 0.0725. The summed E-state index contributed by atoms with van der Waals surface area (Å²) in [6, 6.07) is 18.5. The maximum absolute atomic E-state index is 11.2. The number of aliphatic carboxylic acids is 2. The van der Waals surface area contributed by atoms with Crippen molar-refractivity contribution < 1.29 is 28.9 Å². The van der Waals surface area contributed by atoms with E-state index in [4.69, 9.17) is 27.4 Å². The minimum atomic E-state index is -1.18. The second-order valence-electron chi connectivity index (χ2n) is 7.38. The largest absolute Gasteiger partial charge is 0.616 e. The van der Waals surface area contributed by atoms with Crippen molar-refractivity contribution in [2.75, 3.05) is 24.6 Å². The Morgan fingerprint density at radius 1 is 0.833 bits per heavy atom. The molecule has 0 bridgehead atoms. The molecule has 3 atom stereocenters. The van der Waals surface area contributed by atoms with Crippen LogP contribution < -0.4 is 17.2 Å². The first-order chi connectivity index (χ1) is 17.1. The molecule has 0 aliphatic carbocycles. The molecule has 36 heavy (non-hydrogen) atoms. The van der Waals surface area contributed by atoms with Gasteiger partial charge in [0.2, 0.25) is 0 Å². The Labute approximate surface area is 223 Å². The summed E-state index contributed by atoms with van der Waals surface area (Å²) < 4.78 is 22.5. The summed E-state index contributed by atoms with van der Waals surface area (Å²) in [5.41, 5.74) is 17.9. The normalized spacial score (nSPS) is 12.6. The van der Waals surface area contributed by atoms with Crippen molar-refractivity contribution in [2.24, 2.45) is 17.2 Å². The number of hydrogen-bond donors (Lipinski definition) is 5. The molecule has 3 unspecified atom stereocenters. The van der Waals surface area contributed by atoms with Crippen LogP contribution in [0, 0.1) is 0 Å². The Balaban J connectivity index is 0.000000510. The molecule has 0 fully saturated rings. The summed E-state index contributed by atoms with van der Waals surface area (Å²) in [5.74, 6) is 0.181. The average molecular weight is 558 g/mol. The summed E-state index contributed by atoms with van der Waals surface area (Å²) in [7, 11) is 0. The topological polar surface area (TPSA) is 199 Å². The molecule has 0 aliphatic rings. The van der Waals surface area contributed by atoms with Crippen molar-refractivity contribution in [3.8, 4) is 0 Å². The molecule has 2 aromatic rings. The lowest BCUT2D eigenvalue weighted by Gasteiger charge is -2.08. The van der Waals surface area contributed by atoms with Crippen molar-refractivity contribution in [2.45, 2.75) is 30.4 Å². The first kappa shape index (κ1) is 34.0. The van der Waals surface area contributed by atoms with Crippen LogP contribution in [0.1, 0.15) is 24.0 Å². The molecular weight excluding hydrogens is 522 g/mol. The van der Waals surface area contributed by atoms with Crippen LogP contribution in [0.5, 0.6) is 0 Å². The van der Waals surface area contributed by atoms with E-state index in [-0.39, 0.29) is 17.7 Å². The zero-order valence-corrected chi connectivity index (χ0v) is 22.4. The van der Waals surface area contributed by atoms with E-state index >= 15 is 0 Å². The van der Waals surface area contributed by atoms with Crippen LogP contribution in [0.15, 0.2) is 60.7 Å². The van der Waals surface area contributed by atoms with Gasteiger partial charge in [0.15, 0.2) is 0 Å². The van der Waals surface area contributed by atoms with E-state index in [9.17, 15) is 18.7 Å². The van der Waals surface area contributed by atoms with Gasteiger partial charge >= 0.3 is 11.9 Å². The number of nitrogens with two attached hydrogens (primary N) is 3. The number of carboxylic acids is 2. The smallest absolute Gasteiger partial charge is 0.320 e. The molecule has 0 spiro atoms. The molecule has 9 nitrogen and oxygen atoms in total. The molecule has 0 radical (unpaired) electrons. The number of carbonyl (C=O) groups is 2. The third kappa shape index (κ3) is 19.2. The van der Waals surface area contributed by atoms with Gasteiger partial charge in [-0.2, -0.15) is 0 Å². The first-order valence-electron chi connectivity index (χ1n) is 11.0. The molecule has 200 valence electrons. The van der Waals surface area contributed by atoms with Gasteiger partial charge in [-0.15, -0.1) is 0 Å². The van der Waals surface area contributed by atoms with Gasteiger partial charge in [0, 0.05) is 35.5 Å². The highest BCUT2D eigenvalue weighted by molar-refractivity contribution is 7.90. The van der Waals surface area contributed by atoms with E-state index in [0.29, 0.717) is 36.1 Å². The summed E-state index contributed by atoms with van der Waals surface area (Å²) >= 11 is 3.01. The third-order valence-electron chi connectivity index (χ3n) is 4.15. The highest BCUT2D eigenvalue weighted by Gasteiger charge is 2.15. The van der Waals surface area contributed by atoms with Gasteiger partial charge in [0.05, 0.1) is 6.42 Å². The van der Waals surface area contributed by atoms with E-state index in [1.807, 2.05) is 60.7 Å². The molecule has 12 heteroatoms. The number of rotatable bonds is 13. The van der Waals surface area contributed by atoms with Crippen LogP contribution in [0.4, 0.5) is 0 Å². The predicted molar refractivity (Wildman–Crippen MR) is 149 cm³/mol. The van der Waals surface area contributed by atoms with Crippen LogP contribution in [0.25, 0.3) is 0 Å². The summed E-state index contributed by atoms with van der Waals surface area (Å²) in [4.78, 5) is 20.4. The molecule has 8 N–H and O–H groups in total. The van der Waals surface area contributed by atoms with E-state index < -0.39 is 40.3 Å². The van der Waals surface area contributed by atoms with E-state index in [2.05, 4.69) is 12.2 Å². The van der Waals surface area contributed by atoms with Crippen molar-refractivity contribution in [1.82, 2.24) is 0 Å². The molecule has 0 amide bonds. The quantitative estimate of drug-likeness (QED) is 0.177. The second-order valence-corrected chi connectivity index (χ2v) is 11.1. The average Bonchev–Trinajstić information content (AvgIpc) is 2.81. The Hall–Kier alpha value is -2.03. The van der Waals surface area contributed by atoms with Crippen LogP contribution in [-0.2, 0) is 43.4 Å². The third-order valence-corrected chi connectivity index (χ3v) is 7.15. The fraction of sp³-hybridized carbons (Fsp3) is 0.375. The Morgan fingerprint density at radius 3 is 1.53 bits per heavy atom. The van der Waals surface area contributed by atoms with Gasteiger partial charge < -0.3 is 36.5 Å². The summed E-state index contributed by atoms with van der Waals surface area (Å²) in [6.07, 6.45) is -0.382. The van der Waals surface area contributed by atoms with Gasteiger partial charge in [-0.25, -0.2) is 0 Å². The number of hydrogen-bond acceptors (Lipinski definition) is 8. The minimum Gasteiger partial charge on any atom is -0.616 e. The lowest BCUT2D eigenvalue weighted by molar-refractivity contribution is -0.139. The molecule has 0 heterocycles. The van der Waals surface area contributed by atoms with E-state index in [1.165, 1.54) is 0 Å². The van der Waals surface area contributed by atoms with Crippen LogP contribution >= 0.6 is 12.2 Å². The van der Waals surface area contributed by atoms with Crippen molar-refractivity contribution >= 4 is 51.4 Å². The Morgan fingerprint density at radius 2 is 1.22 bits per heavy atom. The Kier molecular flexibility index (Phi) is 19.9. The predicted octanol–water partition coefficient (Wildman–Crippen LogP) is 1.42. The standard InChI is InChI=1S/2C9H13NOS.C6H9NO4S/c2*10-6-7-12(11)8-9-4-2-1-3-5-9;7-4(6(10)11)1-3(12)2-5(8)9/h2*1-5H,6-8,10H2;4H,1-2,7H2,(H,8,9)(H,10,11). The molecule has 2 rings (SSSR count). The molecule has 0 aromatic heterocycles. The molecular formula is C24H35N3O6S3. The zero-order valence-electron chi connectivity index (χ0n) is 20.0. The summed E-state index contributed by atoms with van der Waals surface area (Å²) in [6.45, 7) is 0.999. The Bertz CT molecular complexity index is 828. The van der Waals surface area contributed by atoms with Crippen molar-refractivity contribution in [1.29, 1.82) is 0 Å². The maximum atomic E-state index is 11.2. The second kappa shape index (κ2) is 21.1. The van der Waals surface area contributed by atoms with Crippen LogP contribution in [0.3, 0.4) is 0 Å². The molecule has 0 saturated carbocycles. The van der Waals surface area contributed by atoms with Crippen molar-refractivity contribution in [3.05, 3.63) is 71.8 Å². The fourth-order valence-corrected chi connectivity index (χ4v) is 4.75. The lowest BCUT2D eigenvalue weighted by atomic mass is 10.1. The lowest BCUT2D eigenvalue weighted by Crippen LogP contribution is -2.32. The monoisotopic (exact) mass is 557 g/mol. The van der Waals surface area contributed by atoms with Gasteiger partial charge in [-0.05, 0) is 22.4 Å². The van der Waals surface area contributed by atoms with Gasteiger partial charge in [-0.1, -0.05) is 72.9 Å². The van der Waals surface area contributed by atoms with Crippen molar-refractivity contribution in [3.63, 3.8) is 0 Å². The van der Waals surface area contributed by atoms with Crippen LogP contribution in [-0.4, -0.2) is 66.8 Å². The first-order valence-corrected chi connectivity index (χ1v) is 14.4. The number of carboxylic acid groups (broad SMARTS) is 2. The molecule has 0 saturated heterocycles. The highest BCUT2D eigenvalue weighted by Crippen LogP contribution is 2.06. The fourth-order valence-electron chi connectivity index (χ4n) is 2.50.